The quantitative estimate of drug-likeness (QED) is 0.00554. The first-order chi connectivity index (χ1) is 65.7. The highest BCUT2D eigenvalue weighted by atomic mass is 16.6. The van der Waals surface area contributed by atoms with Crippen molar-refractivity contribution in [2.75, 3.05) is 39.3 Å². The zero-order chi connectivity index (χ0) is 103. The third kappa shape index (κ3) is 60.7. The molecule has 0 aliphatic rings. The lowest BCUT2D eigenvalue weighted by Crippen LogP contribution is -2.41. The minimum absolute atomic E-state index is 0. The average molecular weight is 1990 g/mol. The van der Waals surface area contributed by atoms with Crippen molar-refractivity contribution in [1.29, 1.82) is 0 Å². The molecule has 0 aliphatic heterocycles. The van der Waals surface area contributed by atoms with Crippen molar-refractivity contribution in [3.63, 3.8) is 0 Å². The summed E-state index contributed by atoms with van der Waals surface area (Å²) in [5.74, 6) is -0.779. The molecule has 0 bridgehead atoms. The standard InChI is InChI=1S/C26H33N3O6.C19H28N2O6.C19H30N2O5.C19H28N2O5.C18H27N3O4.CH4.CH3.BH4.H/c1-26(2,3)35-24(31)27-16-10-9-14-20(29-25(32)33-17-18-11-5-4-6-12-18)22(30)23-28-19-13-7-8-15-21(19)34-23;1-19(2,3)27-17(24)20-12-8-7-11-15(16(22)23)21-18(25)26-13-14-9-5-4-6-10-14;2*1-19(2,3)26-17(23)20-12-8-7-11-16(13-22)21-18(24)25-14-15-9-5-4-6-10-15;1-18(2,3)25-17(23)20-11-7-6-8-12(19)15(22)16-21-13-9-4-5-10-14(13)24-16;;;;/h4-8,11-13,15,20,22,30H,9-10,14,16-17H2,1-3H3,(H,27,31)(H,29,32);4-6,9-10,15H,7-8,11-13H2,1-3H3,(H,20,24)(H,21,25)(H,22,23);4-6,9-10,16,22H,7-8,11-14H2,1-3H3,(H,20,23)(H,21,24);4-6,9-10,13,16H,7-8,11-12,14H2,1-3H3,(H,20,23)(H,21,24);4-5,9-10,12,15,22H,6-8,11,19H2,1-3H3,(H,20,23);1H4;1H3;1H4;/q;;;;;;3*-1/t20-,22?;15-;2*16-;12-,15?;;;;/m00000..../s1/i;;;;;;;;1+1. The molecule has 15 N–H and O–H groups in total. The number of hydrogen-bond acceptors (Lipinski definition) is 28. The van der Waals surface area contributed by atoms with E-state index in [9.17, 15) is 73.2 Å². The number of aliphatic hydroxyl groups is 3. The zero-order valence-electron chi connectivity index (χ0n) is 84.7. The van der Waals surface area contributed by atoms with Gasteiger partial charge >= 0.3 is 60.8 Å². The summed E-state index contributed by atoms with van der Waals surface area (Å²) in [7, 11) is 0. The summed E-state index contributed by atoms with van der Waals surface area (Å²) in [5, 5.41) is 63.4. The van der Waals surface area contributed by atoms with Crippen molar-refractivity contribution in [1.82, 2.24) is 57.8 Å². The first-order valence-electron chi connectivity index (χ1n) is 46.6. The molecule has 6 aromatic carbocycles. The van der Waals surface area contributed by atoms with Crippen LogP contribution in [0.25, 0.3) is 22.2 Å². The van der Waals surface area contributed by atoms with E-state index in [2.05, 4.69) is 57.8 Å². The smallest absolute Gasteiger partial charge is 0.408 e. The number of hydrogen-bond donors (Lipinski definition) is 14. The summed E-state index contributed by atoms with van der Waals surface area (Å²) >= 11 is 0. The number of carboxylic acid groups (broad SMARTS) is 1. The first kappa shape index (κ1) is 127. The molecule has 2 heterocycles. The van der Waals surface area contributed by atoms with Crippen LogP contribution in [0.15, 0.2) is 179 Å². The van der Waals surface area contributed by atoms with Crippen LogP contribution in [0.5, 0.6) is 0 Å². The van der Waals surface area contributed by atoms with Crippen molar-refractivity contribution in [3.8, 4) is 0 Å². The molecule has 0 radical (unpaired) electrons. The van der Waals surface area contributed by atoms with E-state index in [0.717, 1.165) is 47.9 Å². The maximum Gasteiger partial charge on any atom is 0.408 e. The minimum Gasteiger partial charge on any atom is -1.00 e. The molecular formula is C103H158BN12O26-3. The normalized spacial score (nSPS) is 12.4. The van der Waals surface area contributed by atoms with Crippen LogP contribution in [0.2, 0.25) is 0 Å². The number of nitrogens with two attached hydrogens (primary N) is 1. The predicted octanol–water partition coefficient (Wildman–Crippen LogP) is 16.7. The molecule has 8 rings (SSSR count). The molecule has 0 spiro atoms. The number of carboxylic acids is 1. The number of benzene rings is 6. The van der Waals surface area contributed by atoms with Gasteiger partial charge < -0.3 is 139 Å². The van der Waals surface area contributed by atoms with E-state index >= 15 is 0 Å². The van der Waals surface area contributed by atoms with Crippen LogP contribution in [0, 0.1) is 7.43 Å². The van der Waals surface area contributed by atoms with Crippen molar-refractivity contribution < 1.29 is 126 Å². The maximum absolute atomic E-state index is 12.5. The molecule has 792 valence electrons. The van der Waals surface area contributed by atoms with E-state index in [0.29, 0.717) is 125 Å². The predicted molar refractivity (Wildman–Crippen MR) is 547 cm³/mol. The van der Waals surface area contributed by atoms with Gasteiger partial charge in [0, 0.05) is 38.8 Å². The number of amides is 9. The number of carbonyl (C=O) groups is 11. The summed E-state index contributed by atoms with van der Waals surface area (Å²) in [6.07, 6.45) is 2.49. The number of aliphatic carboxylic acids is 1. The fourth-order valence-electron chi connectivity index (χ4n) is 12.2. The molecule has 0 fully saturated rings. The summed E-state index contributed by atoms with van der Waals surface area (Å²) < 4.78 is 57.5. The lowest BCUT2D eigenvalue weighted by atomic mass is 10.0. The summed E-state index contributed by atoms with van der Waals surface area (Å²) in [6.45, 7) is 29.5. The van der Waals surface area contributed by atoms with Crippen LogP contribution in [-0.4, -0.2) is 203 Å². The molecule has 2 aromatic heterocycles. The number of aliphatic hydroxyl groups excluding tert-OH is 3. The average Bonchev–Trinajstić information content (AvgIpc) is 1.68. The number of nitrogens with zero attached hydrogens (tertiary/aromatic N) is 2. The van der Waals surface area contributed by atoms with E-state index in [-0.39, 0.29) is 82.0 Å². The number of alkyl carbamates (subject to hydrolysis) is 9. The molecule has 0 saturated carbocycles. The van der Waals surface area contributed by atoms with E-state index in [1.54, 1.807) is 113 Å². The molecule has 2 unspecified atom stereocenters. The van der Waals surface area contributed by atoms with Crippen molar-refractivity contribution in [2.24, 2.45) is 5.73 Å². The minimum atomic E-state index is -1.18. The van der Waals surface area contributed by atoms with Gasteiger partial charge in [0.25, 0.3) is 0 Å². The highest BCUT2D eigenvalue weighted by molar-refractivity contribution is 5.80. The van der Waals surface area contributed by atoms with Crippen molar-refractivity contribution in [3.05, 3.63) is 211 Å². The molecule has 8 aromatic rings. The Labute approximate surface area is 838 Å². The largest absolute Gasteiger partial charge is 1.00 e. The van der Waals surface area contributed by atoms with Crippen LogP contribution in [0.3, 0.4) is 0 Å². The molecular weight excluding hydrogens is 1830 g/mol. The number of aldehydes is 1. The van der Waals surface area contributed by atoms with Gasteiger partial charge in [0.2, 0.25) is 11.8 Å². The molecule has 39 heteroatoms. The van der Waals surface area contributed by atoms with E-state index < -0.39 is 125 Å². The van der Waals surface area contributed by atoms with E-state index in [1.807, 2.05) is 160 Å². The van der Waals surface area contributed by atoms with Crippen LogP contribution in [0.1, 0.15) is 255 Å². The van der Waals surface area contributed by atoms with Crippen molar-refractivity contribution >= 4 is 97.7 Å². The Morgan fingerprint density at radius 2 is 0.655 bits per heavy atom. The van der Waals surface area contributed by atoms with Crippen LogP contribution in [0.4, 0.5) is 43.2 Å². The Morgan fingerprint density at radius 1 is 0.373 bits per heavy atom. The Kier molecular flexibility index (Phi) is 60.7. The molecule has 0 saturated heterocycles. The van der Waals surface area contributed by atoms with Crippen LogP contribution >= 0.6 is 0 Å². The fraction of sp³-hybridized carbons (Fsp3) is 0.515. The van der Waals surface area contributed by atoms with Gasteiger partial charge in [-0.25, -0.2) is 57.9 Å². The number of para-hydroxylation sites is 4. The second kappa shape index (κ2) is 68.0. The topological polar surface area (TPSA) is 538 Å². The number of rotatable bonds is 44. The Balaban J connectivity index is 0.00000176. The first-order valence-corrected chi connectivity index (χ1v) is 46.6. The number of nitrogens with one attached hydrogen (secondary N) is 9. The lowest BCUT2D eigenvalue weighted by molar-refractivity contribution is -0.139. The lowest BCUT2D eigenvalue weighted by Gasteiger charge is -2.22. The molecule has 0 aliphatic carbocycles. The Hall–Kier alpha value is -13.3. The third-order valence-electron chi connectivity index (χ3n) is 18.8. The van der Waals surface area contributed by atoms with Gasteiger partial charge in [-0.2, -0.15) is 0 Å². The maximum atomic E-state index is 12.5. The van der Waals surface area contributed by atoms with Gasteiger partial charge in [0.05, 0.1) is 24.7 Å². The molecule has 38 nitrogen and oxygen atoms in total. The van der Waals surface area contributed by atoms with Gasteiger partial charge in [-0.1, -0.05) is 168 Å². The highest BCUT2D eigenvalue weighted by Gasteiger charge is 2.30. The second-order valence-electron chi connectivity index (χ2n) is 37.2. The molecule has 142 heavy (non-hydrogen) atoms. The van der Waals surface area contributed by atoms with Crippen LogP contribution < -0.4 is 53.6 Å². The SMILES string of the molecule is C.CC(C)(C)OC(=O)NCCCC[C@@H](C=O)NC(=O)OCc1ccccc1.CC(C)(C)OC(=O)NCCCC[C@@H](CO)NC(=O)OCc1ccccc1.CC(C)(C)OC(=O)NCCCC[C@H](N)C(O)c1nc2ccccc2o1.CC(C)(C)OC(=O)NCCCC[C@H](NC(=O)OCc1ccccc1)C(=O)O.CC(C)(C)OC(=O)NCCCC[C@H](NC(=O)OCc1ccccc1)C(O)c1nc2ccccc2o1.[2H-].[BH4-].[CH3-]. The van der Waals surface area contributed by atoms with Crippen molar-refractivity contribution in [2.45, 2.75) is 304 Å². The van der Waals surface area contributed by atoms with E-state index in [1.165, 1.54) is 0 Å². The number of aromatic nitrogens is 2. The van der Waals surface area contributed by atoms with Gasteiger partial charge in [-0.15, -0.1) is 0 Å². The third-order valence-corrected chi connectivity index (χ3v) is 18.8. The summed E-state index contributed by atoms with van der Waals surface area (Å²) in [4.78, 5) is 137. The fourth-order valence-corrected chi connectivity index (χ4v) is 12.2. The van der Waals surface area contributed by atoms with Gasteiger partial charge in [0.1, 0.15) is 83.9 Å². The van der Waals surface area contributed by atoms with Crippen LogP contribution in [-0.2, 0) is 78.6 Å². The molecule has 9 amide bonds. The molecule has 7 atom stereocenters. The van der Waals surface area contributed by atoms with Gasteiger partial charge in [0.15, 0.2) is 17.3 Å². The highest BCUT2D eigenvalue weighted by Crippen LogP contribution is 2.27. The number of oxazole rings is 2. The number of ether oxygens (including phenoxy) is 9. The van der Waals surface area contributed by atoms with Gasteiger partial charge in [-0.05, 0) is 240 Å². The second-order valence-corrected chi connectivity index (χ2v) is 37.2. The Bertz CT molecular complexity index is 4850. The Morgan fingerprint density at radius 3 is 0.972 bits per heavy atom. The zero-order valence-corrected chi connectivity index (χ0v) is 83.7. The number of carbonyl (C=O) groups excluding carboxylic acids is 10. The van der Waals surface area contributed by atoms with E-state index in [4.69, 9.17) is 57.2 Å². The summed E-state index contributed by atoms with van der Waals surface area (Å²) in [5.41, 5.74) is 9.29. The summed E-state index contributed by atoms with van der Waals surface area (Å²) in [6, 6.07) is 48.4. The van der Waals surface area contributed by atoms with Gasteiger partial charge in [-0.3, -0.25) is 0 Å². The number of unbranched alkanes of at least 4 members (excludes halogenated alkanes) is 5. The number of fused-ring (bicyclic) bond motifs is 2. The monoisotopic (exact) mass is 1990 g/mol.